The summed E-state index contributed by atoms with van der Waals surface area (Å²) in [6, 6.07) is 0. The zero-order chi connectivity index (χ0) is 10.4. The zero-order valence-electron chi connectivity index (χ0n) is 9.77. The van der Waals surface area contributed by atoms with Crippen LogP contribution < -0.4 is 0 Å². The van der Waals surface area contributed by atoms with Crippen molar-refractivity contribution in [3.8, 4) is 0 Å². The molecular formula is C11H26O2. The third kappa shape index (κ3) is 24.5. The monoisotopic (exact) mass is 190 g/mol. The molecule has 0 aliphatic carbocycles. The first kappa shape index (κ1) is 15.4. The fourth-order valence-electron chi connectivity index (χ4n) is 0.848. The molecular weight excluding hydrogens is 164 g/mol. The molecule has 82 valence electrons. The first-order valence-electron chi connectivity index (χ1n) is 5.48. The number of unbranched alkanes of at least 4 members (excludes halogenated alkanes) is 4. The Morgan fingerprint density at radius 2 is 1.31 bits per heavy atom. The lowest BCUT2D eigenvalue weighted by Gasteiger charge is -1.95. The van der Waals surface area contributed by atoms with Crippen LogP contribution in [0.4, 0.5) is 0 Å². The molecule has 0 amide bonds. The van der Waals surface area contributed by atoms with Gasteiger partial charge < -0.3 is 0 Å². The molecule has 0 aliphatic rings. The second-order valence-electron chi connectivity index (χ2n) is 3.05. The van der Waals surface area contributed by atoms with Crippen LogP contribution in [0.25, 0.3) is 0 Å². The summed E-state index contributed by atoms with van der Waals surface area (Å²) in [5.74, 6) is 0. The molecule has 0 heterocycles. The standard InChI is InChI=1S/C6H14O2.C5H12/c1-3-4-5-6-8-7-2;1-3-5-4-2/h3-6H2,1-2H3;3-5H2,1-2H3. The SMILES string of the molecule is CCCCC.CCCCCOOC. The first-order chi connectivity index (χ1) is 6.33. The molecule has 2 heteroatoms. The summed E-state index contributed by atoms with van der Waals surface area (Å²) in [5, 5.41) is 0. The van der Waals surface area contributed by atoms with E-state index in [4.69, 9.17) is 0 Å². The van der Waals surface area contributed by atoms with Crippen LogP contribution in [0.15, 0.2) is 0 Å². The number of hydrogen-bond acceptors (Lipinski definition) is 2. The minimum atomic E-state index is 0.727. The van der Waals surface area contributed by atoms with Crippen molar-refractivity contribution in [1.29, 1.82) is 0 Å². The summed E-state index contributed by atoms with van der Waals surface area (Å²) >= 11 is 0. The van der Waals surface area contributed by atoms with Gasteiger partial charge >= 0.3 is 0 Å². The molecule has 13 heavy (non-hydrogen) atoms. The van der Waals surface area contributed by atoms with Crippen LogP contribution in [0.1, 0.15) is 59.3 Å². The Bertz CT molecular complexity index is 57.1. The maximum atomic E-state index is 4.64. The van der Waals surface area contributed by atoms with Crippen LogP contribution in [0.3, 0.4) is 0 Å². The van der Waals surface area contributed by atoms with E-state index in [2.05, 4.69) is 30.5 Å². The molecule has 0 fully saturated rings. The molecule has 0 radical (unpaired) electrons. The predicted octanol–water partition coefficient (Wildman–Crippen LogP) is 3.95. The predicted molar refractivity (Wildman–Crippen MR) is 57.7 cm³/mol. The highest BCUT2D eigenvalue weighted by molar-refractivity contribution is 4.32. The van der Waals surface area contributed by atoms with Crippen LogP contribution in [0.2, 0.25) is 0 Å². The van der Waals surface area contributed by atoms with E-state index < -0.39 is 0 Å². The van der Waals surface area contributed by atoms with Gasteiger partial charge in [0, 0.05) is 0 Å². The van der Waals surface area contributed by atoms with Gasteiger partial charge in [-0.1, -0.05) is 52.9 Å². The van der Waals surface area contributed by atoms with Crippen LogP contribution in [-0.2, 0) is 9.78 Å². The Balaban J connectivity index is 0. The summed E-state index contributed by atoms with van der Waals surface area (Å²) in [6.07, 6.45) is 7.63. The van der Waals surface area contributed by atoms with Gasteiger partial charge in [0.15, 0.2) is 0 Å². The van der Waals surface area contributed by atoms with Gasteiger partial charge in [0.25, 0.3) is 0 Å². The number of hydrogen-bond donors (Lipinski definition) is 0. The van der Waals surface area contributed by atoms with Crippen LogP contribution >= 0.6 is 0 Å². The maximum Gasteiger partial charge on any atom is 0.0822 e. The number of rotatable bonds is 7. The zero-order valence-corrected chi connectivity index (χ0v) is 9.77. The van der Waals surface area contributed by atoms with E-state index in [1.807, 2.05) is 0 Å². The molecule has 0 aromatic carbocycles. The van der Waals surface area contributed by atoms with Crippen molar-refractivity contribution in [2.75, 3.05) is 13.7 Å². The first-order valence-corrected chi connectivity index (χ1v) is 5.48. The Hall–Kier alpha value is -0.0800. The summed E-state index contributed by atoms with van der Waals surface area (Å²) < 4.78 is 0. The maximum absolute atomic E-state index is 4.64. The lowest BCUT2D eigenvalue weighted by Crippen LogP contribution is -1.91. The van der Waals surface area contributed by atoms with E-state index in [0.717, 1.165) is 13.0 Å². The molecule has 0 bridgehead atoms. The lowest BCUT2D eigenvalue weighted by atomic mass is 10.3. The smallest absolute Gasteiger partial charge is 0.0822 e. The van der Waals surface area contributed by atoms with Crippen LogP contribution in [0.5, 0.6) is 0 Å². The van der Waals surface area contributed by atoms with Gasteiger partial charge in [0.1, 0.15) is 0 Å². The van der Waals surface area contributed by atoms with Gasteiger partial charge in [-0.2, -0.15) is 0 Å². The quantitative estimate of drug-likeness (QED) is 0.344. The largest absolute Gasteiger partial charge is 0.240 e. The van der Waals surface area contributed by atoms with E-state index in [0.29, 0.717) is 0 Å². The Kier molecular flexibility index (Phi) is 21.2. The molecule has 0 atom stereocenters. The summed E-state index contributed by atoms with van der Waals surface area (Å²) in [5.41, 5.74) is 0. The van der Waals surface area contributed by atoms with Gasteiger partial charge in [-0.05, 0) is 6.42 Å². The molecule has 0 aliphatic heterocycles. The van der Waals surface area contributed by atoms with E-state index in [-0.39, 0.29) is 0 Å². The van der Waals surface area contributed by atoms with Crippen LogP contribution in [-0.4, -0.2) is 13.7 Å². The van der Waals surface area contributed by atoms with Crippen molar-refractivity contribution in [3.05, 3.63) is 0 Å². The van der Waals surface area contributed by atoms with E-state index in [1.54, 1.807) is 0 Å². The minimum Gasteiger partial charge on any atom is -0.240 e. The van der Waals surface area contributed by atoms with Gasteiger partial charge in [-0.25, -0.2) is 9.78 Å². The molecule has 0 N–H and O–H groups in total. The van der Waals surface area contributed by atoms with Gasteiger partial charge in [-0.15, -0.1) is 0 Å². The van der Waals surface area contributed by atoms with Crippen molar-refractivity contribution in [1.82, 2.24) is 0 Å². The Morgan fingerprint density at radius 3 is 1.62 bits per heavy atom. The van der Waals surface area contributed by atoms with Gasteiger partial charge in [0.05, 0.1) is 13.7 Å². The van der Waals surface area contributed by atoms with Crippen molar-refractivity contribution < 1.29 is 9.78 Å². The Labute approximate surface area is 83.6 Å². The molecule has 0 saturated heterocycles. The van der Waals surface area contributed by atoms with E-state index in [9.17, 15) is 0 Å². The third-order valence-corrected chi connectivity index (χ3v) is 1.66. The summed E-state index contributed by atoms with van der Waals surface area (Å²) in [4.78, 5) is 9.02. The van der Waals surface area contributed by atoms with Crippen molar-refractivity contribution in [2.45, 2.75) is 59.3 Å². The molecule has 0 aromatic rings. The highest BCUT2D eigenvalue weighted by Gasteiger charge is 1.83. The fraction of sp³-hybridized carbons (Fsp3) is 1.00. The fourth-order valence-corrected chi connectivity index (χ4v) is 0.848. The molecule has 0 rings (SSSR count). The average Bonchev–Trinajstić information content (AvgIpc) is 2.15. The van der Waals surface area contributed by atoms with Gasteiger partial charge in [-0.3, -0.25) is 0 Å². The highest BCUT2D eigenvalue weighted by atomic mass is 17.2. The normalized spacial score (nSPS) is 9.23. The molecule has 2 nitrogen and oxygen atoms in total. The highest BCUT2D eigenvalue weighted by Crippen LogP contribution is 1.93. The topological polar surface area (TPSA) is 18.5 Å². The van der Waals surface area contributed by atoms with Gasteiger partial charge in [0.2, 0.25) is 0 Å². The molecule has 0 spiro atoms. The van der Waals surface area contributed by atoms with Crippen molar-refractivity contribution >= 4 is 0 Å². The van der Waals surface area contributed by atoms with Crippen molar-refractivity contribution in [2.24, 2.45) is 0 Å². The third-order valence-electron chi connectivity index (χ3n) is 1.66. The van der Waals surface area contributed by atoms with Crippen molar-refractivity contribution in [3.63, 3.8) is 0 Å². The van der Waals surface area contributed by atoms with E-state index >= 15 is 0 Å². The second-order valence-corrected chi connectivity index (χ2v) is 3.05. The summed E-state index contributed by atoms with van der Waals surface area (Å²) in [7, 11) is 1.53. The average molecular weight is 190 g/mol. The molecule has 0 aromatic heterocycles. The Morgan fingerprint density at radius 1 is 0.769 bits per heavy atom. The lowest BCUT2D eigenvalue weighted by molar-refractivity contribution is -0.272. The molecule has 0 unspecified atom stereocenters. The van der Waals surface area contributed by atoms with E-state index in [1.165, 1.54) is 39.2 Å². The minimum absolute atomic E-state index is 0.727. The van der Waals surface area contributed by atoms with Crippen LogP contribution in [0, 0.1) is 0 Å². The molecule has 0 saturated carbocycles. The second kappa shape index (κ2) is 17.9. The summed E-state index contributed by atoms with van der Waals surface area (Å²) in [6.45, 7) is 7.31.